The van der Waals surface area contributed by atoms with Crippen molar-refractivity contribution in [3.05, 3.63) is 90.6 Å². The number of rotatable bonds is 2. The van der Waals surface area contributed by atoms with E-state index < -0.39 is 0 Å². The number of nitrogens with zero attached hydrogens (tertiary/aromatic N) is 1. The number of pyridine rings is 1. The van der Waals surface area contributed by atoms with Crippen LogP contribution in [0.2, 0.25) is 0 Å². The zero-order valence-electron chi connectivity index (χ0n) is 14.0. The van der Waals surface area contributed by atoms with Crippen molar-refractivity contribution in [3.8, 4) is 22.4 Å². The quantitative estimate of drug-likeness (QED) is 0.442. The molecular formula is C23H20N+. The third-order valence-electron chi connectivity index (χ3n) is 4.65. The van der Waals surface area contributed by atoms with Crippen molar-refractivity contribution >= 4 is 10.8 Å². The van der Waals surface area contributed by atoms with Gasteiger partial charge in [0.25, 0.3) is 0 Å². The number of hydrogen-bond acceptors (Lipinski definition) is 0. The van der Waals surface area contributed by atoms with Crippen LogP contribution >= 0.6 is 0 Å². The van der Waals surface area contributed by atoms with Gasteiger partial charge in [-0.15, -0.1) is 0 Å². The molecule has 0 fully saturated rings. The number of fused-ring (bicyclic) bond motifs is 1. The summed E-state index contributed by atoms with van der Waals surface area (Å²) in [4.78, 5) is 0. The van der Waals surface area contributed by atoms with Crippen molar-refractivity contribution < 1.29 is 4.57 Å². The first-order valence-corrected chi connectivity index (χ1v) is 8.28. The van der Waals surface area contributed by atoms with Gasteiger partial charge in [0.2, 0.25) is 5.69 Å². The van der Waals surface area contributed by atoms with E-state index in [1.54, 1.807) is 0 Å². The molecule has 1 heterocycles. The molecule has 0 amide bonds. The number of benzene rings is 3. The Balaban J connectivity index is 1.99. The van der Waals surface area contributed by atoms with Gasteiger partial charge in [-0.3, -0.25) is 0 Å². The van der Waals surface area contributed by atoms with Gasteiger partial charge in [0.15, 0.2) is 6.20 Å². The van der Waals surface area contributed by atoms with Gasteiger partial charge in [-0.1, -0.05) is 60.7 Å². The van der Waals surface area contributed by atoms with E-state index in [9.17, 15) is 0 Å². The molecule has 0 saturated carbocycles. The smallest absolute Gasteiger partial charge is 0.200 e. The Morgan fingerprint density at radius 1 is 0.708 bits per heavy atom. The van der Waals surface area contributed by atoms with E-state index in [0.717, 1.165) is 0 Å². The fourth-order valence-electron chi connectivity index (χ4n) is 3.34. The molecule has 0 spiro atoms. The highest BCUT2D eigenvalue weighted by Crippen LogP contribution is 2.31. The van der Waals surface area contributed by atoms with Gasteiger partial charge in [0.1, 0.15) is 7.05 Å². The molecule has 1 heteroatoms. The molecule has 3 aromatic carbocycles. The molecule has 0 saturated heterocycles. The fourth-order valence-corrected chi connectivity index (χ4v) is 3.34. The molecule has 4 aromatic rings. The van der Waals surface area contributed by atoms with Crippen molar-refractivity contribution in [1.82, 2.24) is 0 Å². The second-order valence-electron chi connectivity index (χ2n) is 6.26. The Bertz CT molecular complexity index is 1020. The normalized spacial score (nSPS) is 10.9. The third-order valence-corrected chi connectivity index (χ3v) is 4.65. The molecule has 1 aromatic heterocycles. The zero-order chi connectivity index (χ0) is 16.5. The standard InChI is InChI=1S/C23H20N/c1-17-12-13-20(18-8-4-3-5-9-18)16-22(17)23-21-11-7-6-10-19(21)14-15-24(23)2/h3-16H,1-2H3/q+1. The van der Waals surface area contributed by atoms with Crippen LogP contribution in [-0.4, -0.2) is 0 Å². The van der Waals surface area contributed by atoms with Crippen LogP contribution in [0.4, 0.5) is 0 Å². The lowest BCUT2D eigenvalue weighted by Gasteiger charge is -2.10. The van der Waals surface area contributed by atoms with Gasteiger partial charge in [0.05, 0.1) is 10.9 Å². The molecule has 1 nitrogen and oxygen atoms in total. The molecule has 116 valence electrons. The maximum atomic E-state index is 2.31. The lowest BCUT2D eigenvalue weighted by molar-refractivity contribution is -0.659. The highest BCUT2D eigenvalue weighted by molar-refractivity contribution is 5.94. The van der Waals surface area contributed by atoms with Crippen molar-refractivity contribution in [3.63, 3.8) is 0 Å². The van der Waals surface area contributed by atoms with E-state index in [1.165, 1.54) is 38.7 Å². The highest BCUT2D eigenvalue weighted by atomic mass is 14.9. The molecule has 0 aliphatic carbocycles. The van der Waals surface area contributed by atoms with Crippen LogP contribution in [0.5, 0.6) is 0 Å². The van der Waals surface area contributed by atoms with E-state index in [0.29, 0.717) is 0 Å². The Hall–Kier alpha value is -2.93. The molecule has 0 atom stereocenters. The summed E-state index contributed by atoms with van der Waals surface area (Å²) in [5.74, 6) is 0. The Morgan fingerprint density at radius 3 is 2.29 bits per heavy atom. The highest BCUT2D eigenvalue weighted by Gasteiger charge is 2.17. The van der Waals surface area contributed by atoms with Crippen LogP contribution in [0.25, 0.3) is 33.2 Å². The zero-order valence-corrected chi connectivity index (χ0v) is 14.0. The number of aryl methyl sites for hydroxylation is 2. The summed E-state index contributed by atoms with van der Waals surface area (Å²) in [5.41, 5.74) is 6.35. The largest absolute Gasteiger partial charge is 0.220 e. The van der Waals surface area contributed by atoms with Gasteiger partial charge in [-0.2, -0.15) is 0 Å². The summed E-state index contributed by atoms with van der Waals surface area (Å²) in [7, 11) is 2.12. The molecule has 0 unspecified atom stereocenters. The minimum absolute atomic E-state index is 1.25. The predicted octanol–water partition coefficient (Wildman–Crippen LogP) is 5.31. The average molecular weight is 310 g/mol. The average Bonchev–Trinajstić information content (AvgIpc) is 2.63. The van der Waals surface area contributed by atoms with E-state index in [1.807, 2.05) is 0 Å². The molecule has 0 N–H and O–H groups in total. The summed E-state index contributed by atoms with van der Waals surface area (Å²) in [6.45, 7) is 2.19. The summed E-state index contributed by atoms with van der Waals surface area (Å²) < 4.78 is 2.22. The third kappa shape index (κ3) is 2.48. The molecule has 0 bridgehead atoms. The predicted molar refractivity (Wildman–Crippen MR) is 101 cm³/mol. The van der Waals surface area contributed by atoms with Crippen molar-refractivity contribution in [1.29, 1.82) is 0 Å². The lowest BCUT2D eigenvalue weighted by atomic mass is 9.95. The van der Waals surface area contributed by atoms with E-state index >= 15 is 0 Å². The minimum Gasteiger partial charge on any atom is -0.200 e. The van der Waals surface area contributed by atoms with Gasteiger partial charge in [0, 0.05) is 6.07 Å². The molecule has 24 heavy (non-hydrogen) atoms. The van der Waals surface area contributed by atoms with Crippen LogP contribution < -0.4 is 4.57 Å². The van der Waals surface area contributed by atoms with Crippen molar-refractivity contribution in [2.45, 2.75) is 6.92 Å². The lowest BCUT2D eigenvalue weighted by Crippen LogP contribution is -2.30. The van der Waals surface area contributed by atoms with Gasteiger partial charge in [-0.05, 0) is 41.1 Å². The van der Waals surface area contributed by atoms with Crippen LogP contribution in [0, 0.1) is 6.92 Å². The molecular weight excluding hydrogens is 290 g/mol. The SMILES string of the molecule is Cc1ccc(-c2ccccc2)cc1-c1c2ccccc2cc[n+]1C. The first kappa shape index (κ1) is 14.6. The van der Waals surface area contributed by atoms with Gasteiger partial charge < -0.3 is 0 Å². The fraction of sp³-hybridized carbons (Fsp3) is 0.0870. The molecule has 4 rings (SSSR count). The first-order chi connectivity index (χ1) is 11.7. The summed E-state index contributed by atoms with van der Waals surface area (Å²) in [6.07, 6.45) is 2.15. The topological polar surface area (TPSA) is 3.88 Å². The van der Waals surface area contributed by atoms with E-state index in [2.05, 4.69) is 104 Å². The summed E-state index contributed by atoms with van der Waals surface area (Å²) in [5, 5.41) is 2.56. The molecule has 0 radical (unpaired) electrons. The maximum absolute atomic E-state index is 2.31. The van der Waals surface area contributed by atoms with E-state index in [4.69, 9.17) is 0 Å². The Morgan fingerprint density at radius 2 is 1.46 bits per heavy atom. The Labute approximate surface area is 142 Å². The molecule has 0 aliphatic heterocycles. The van der Waals surface area contributed by atoms with Gasteiger partial charge in [-0.25, -0.2) is 4.57 Å². The van der Waals surface area contributed by atoms with Crippen LogP contribution in [0.15, 0.2) is 85.1 Å². The second kappa shape index (κ2) is 5.93. The van der Waals surface area contributed by atoms with Crippen LogP contribution in [0.1, 0.15) is 5.56 Å². The maximum Gasteiger partial charge on any atom is 0.220 e. The minimum atomic E-state index is 1.25. The summed E-state index contributed by atoms with van der Waals surface area (Å²) in [6, 6.07) is 28.1. The number of hydrogen-bond donors (Lipinski definition) is 0. The molecule has 0 aliphatic rings. The second-order valence-corrected chi connectivity index (χ2v) is 6.26. The van der Waals surface area contributed by atoms with Crippen molar-refractivity contribution in [2.24, 2.45) is 7.05 Å². The number of aromatic nitrogens is 1. The first-order valence-electron chi connectivity index (χ1n) is 8.28. The monoisotopic (exact) mass is 310 g/mol. The van der Waals surface area contributed by atoms with Gasteiger partial charge >= 0.3 is 0 Å². The van der Waals surface area contributed by atoms with E-state index in [-0.39, 0.29) is 0 Å². The van der Waals surface area contributed by atoms with Crippen molar-refractivity contribution in [2.75, 3.05) is 0 Å². The summed E-state index contributed by atoms with van der Waals surface area (Å²) >= 11 is 0. The Kier molecular flexibility index (Phi) is 3.62. The van der Waals surface area contributed by atoms with Crippen LogP contribution in [0.3, 0.4) is 0 Å². The van der Waals surface area contributed by atoms with Crippen LogP contribution in [-0.2, 0) is 7.05 Å².